The Morgan fingerprint density at radius 2 is 1.11 bits per heavy atom. The number of carbonyl (C=O) groups is 5. The summed E-state index contributed by atoms with van der Waals surface area (Å²) in [4.78, 5) is 51.1. The van der Waals surface area contributed by atoms with Crippen molar-refractivity contribution in [3.8, 4) is 0 Å². The number of carbonyl (C=O) groups excluding carboxylic acids is 3. The fourth-order valence-corrected chi connectivity index (χ4v) is 1.40. The molecular weight excluding hydrogens is 464 g/mol. The van der Waals surface area contributed by atoms with E-state index in [4.69, 9.17) is 30.6 Å². The van der Waals surface area contributed by atoms with Gasteiger partial charge in [0, 0.05) is 38.9 Å². The Balaban J connectivity index is -0.000000211. The van der Waals surface area contributed by atoms with Gasteiger partial charge in [-0.05, 0) is 40.2 Å². The second-order valence-electron chi connectivity index (χ2n) is 7.63. The highest BCUT2D eigenvalue weighted by Gasteiger charge is 2.15. The zero-order valence-corrected chi connectivity index (χ0v) is 21.9. The first-order valence-electron chi connectivity index (χ1n) is 11.4. The molecule has 0 bridgehead atoms. The van der Waals surface area contributed by atoms with Gasteiger partial charge in [-0.25, -0.2) is 9.59 Å². The zero-order chi connectivity index (χ0) is 28.3. The molecular formula is C22H46N4O9. The molecule has 0 heterocycles. The van der Waals surface area contributed by atoms with Gasteiger partial charge >= 0.3 is 18.0 Å². The van der Waals surface area contributed by atoms with Gasteiger partial charge in [0.25, 0.3) is 0 Å². The standard InChI is InChI=1S/C11H22N2O3.C6H14N2O.C3H6O2.C2H4O3/c1-5-9(14)12-7-6-8-13-10(15)16-11(2,3)4;1-2-6(9)8-5-3-4-7;1-2-3(4)5;3-1-2(4)5/h5-8H2,1-4H3,(H,12,14)(H,13,15);2-5,7H2,1H3,(H,8,9);2H2,1H3,(H,4,5);3H,1H2,(H,4,5). The summed E-state index contributed by atoms with van der Waals surface area (Å²) in [5.41, 5.74) is 4.73. The highest BCUT2D eigenvalue weighted by Crippen LogP contribution is 2.06. The predicted octanol–water partition coefficient (Wildman–Crippen LogP) is 0.833. The molecule has 208 valence electrons. The third-order valence-corrected chi connectivity index (χ3v) is 3.13. The summed E-state index contributed by atoms with van der Waals surface area (Å²) in [5, 5.41) is 30.8. The number of carboxylic acid groups (broad SMARTS) is 2. The Morgan fingerprint density at radius 1 is 0.743 bits per heavy atom. The van der Waals surface area contributed by atoms with Crippen molar-refractivity contribution >= 4 is 29.8 Å². The highest BCUT2D eigenvalue weighted by atomic mass is 16.6. The molecule has 0 aliphatic heterocycles. The van der Waals surface area contributed by atoms with E-state index in [2.05, 4.69) is 16.0 Å². The zero-order valence-electron chi connectivity index (χ0n) is 21.9. The number of aliphatic hydroxyl groups excluding tert-OH is 1. The quantitative estimate of drug-likeness (QED) is 0.194. The van der Waals surface area contributed by atoms with Crippen LogP contribution in [-0.2, 0) is 23.9 Å². The lowest BCUT2D eigenvalue weighted by Gasteiger charge is -2.19. The molecule has 0 spiro atoms. The van der Waals surface area contributed by atoms with Gasteiger partial charge in [-0.1, -0.05) is 20.8 Å². The summed E-state index contributed by atoms with van der Waals surface area (Å²) in [7, 11) is 0. The Labute approximate surface area is 208 Å². The monoisotopic (exact) mass is 510 g/mol. The van der Waals surface area contributed by atoms with E-state index in [0.717, 1.165) is 6.42 Å². The van der Waals surface area contributed by atoms with Crippen LogP contribution in [0.4, 0.5) is 4.79 Å². The number of nitrogens with one attached hydrogen (secondary N) is 3. The highest BCUT2D eigenvalue weighted by molar-refractivity contribution is 5.75. The van der Waals surface area contributed by atoms with Crippen molar-refractivity contribution in [1.29, 1.82) is 0 Å². The van der Waals surface area contributed by atoms with Crippen LogP contribution in [0.5, 0.6) is 0 Å². The number of hydrogen-bond acceptors (Lipinski definition) is 8. The molecule has 0 saturated carbocycles. The molecule has 0 saturated heterocycles. The Morgan fingerprint density at radius 3 is 1.40 bits per heavy atom. The van der Waals surface area contributed by atoms with Crippen molar-refractivity contribution in [1.82, 2.24) is 16.0 Å². The molecule has 0 rings (SSSR count). The average molecular weight is 511 g/mol. The van der Waals surface area contributed by atoms with Crippen LogP contribution < -0.4 is 21.7 Å². The van der Waals surface area contributed by atoms with Crippen LogP contribution in [0.2, 0.25) is 0 Å². The lowest BCUT2D eigenvalue weighted by Crippen LogP contribution is -2.34. The number of nitrogens with two attached hydrogens (primary N) is 1. The van der Waals surface area contributed by atoms with Crippen molar-refractivity contribution < 1.29 is 44.0 Å². The molecule has 0 aliphatic carbocycles. The number of alkyl carbamates (subject to hydrolysis) is 1. The summed E-state index contributed by atoms with van der Waals surface area (Å²) < 4.78 is 5.05. The minimum atomic E-state index is -1.19. The van der Waals surface area contributed by atoms with Gasteiger partial charge < -0.3 is 41.7 Å². The minimum absolute atomic E-state index is 0.0252. The fourth-order valence-electron chi connectivity index (χ4n) is 1.40. The number of hydrogen-bond donors (Lipinski definition) is 7. The third-order valence-electron chi connectivity index (χ3n) is 3.13. The van der Waals surface area contributed by atoms with Gasteiger partial charge in [0.2, 0.25) is 11.8 Å². The van der Waals surface area contributed by atoms with E-state index in [9.17, 15) is 19.2 Å². The molecule has 0 atom stereocenters. The van der Waals surface area contributed by atoms with Gasteiger partial charge in [0.05, 0.1) is 0 Å². The third kappa shape index (κ3) is 49.3. The van der Waals surface area contributed by atoms with Gasteiger partial charge in [-0.15, -0.1) is 0 Å². The van der Waals surface area contributed by atoms with E-state index in [-0.39, 0.29) is 18.2 Å². The van der Waals surface area contributed by atoms with Crippen LogP contribution in [0.25, 0.3) is 0 Å². The van der Waals surface area contributed by atoms with Crippen molar-refractivity contribution in [2.24, 2.45) is 5.73 Å². The molecule has 0 radical (unpaired) electrons. The first-order valence-corrected chi connectivity index (χ1v) is 11.4. The smallest absolute Gasteiger partial charge is 0.407 e. The van der Waals surface area contributed by atoms with E-state index >= 15 is 0 Å². The van der Waals surface area contributed by atoms with E-state index < -0.39 is 30.2 Å². The topological polar surface area (TPSA) is 217 Å². The van der Waals surface area contributed by atoms with E-state index in [0.29, 0.717) is 45.4 Å². The van der Waals surface area contributed by atoms with E-state index in [1.165, 1.54) is 0 Å². The normalized spacial score (nSPS) is 9.37. The largest absolute Gasteiger partial charge is 0.481 e. The number of carboxylic acids is 2. The second kappa shape index (κ2) is 27.3. The van der Waals surface area contributed by atoms with Crippen LogP contribution in [0.3, 0.4) is 0 Å². The van der Waals surface area contributed by atoms with Gasteiger partial charge in [-0.2, -0.15) is 0 Å². The van der Waals surface area contributed by atoms with Gasteiger partial charge in [0.15, 0.2) is 0 Å². The van der Waals surface area contributed by atoms with Crippen LogP contribution in [-0.4, -0.2) is 83.6 Å². The lowest BCUT2D eigenvalue weighted by molar-refractivity contribution is -0.140. The maximum Gasteiger partial charge on any atom is 0.407 e. The molecule has 13 nitrogen and oxygen atoms in total. The van der Waals surface area contributed by atoms with Crippen molar-refractivity contribution in [2.45, 2.75) is 79.2 Å². The summed E-state index contributed by atoms with van der Waals surface area (Å²) >= 11 is 0. The Bertz CT molecular complexity index is 566. The van der Waals surface area contributed by atoms with E-state index in [1.807, 2.05) is 27.7 Å². The van der Waals surface area contributed by atoms with Crippen LogP contribution >= 0.6 is 0 Å². The van der Waals surface area contributed by atoms with Gasteiger partial charge in [0.1, 0.15) is 12.2 Å². The first kappa shape index (κ1) is 39.3. The van der Waals surface area contributed by atoms with Crippen molar-refractivity contribution in [2.75, 3.05) is 32.8 Å². The molecule has 0 aromatic carbocycles. The first-order chi connectivity index (χ1) is 16.2. The van der Waals surface area contributed by atoms with E-state index in [1.54, 1.807) is 13.8 Å². The maximum absolute atomic E-state index is 11.2. The molecule has 0 unspecified atom stereocenters. The Hall–Kier alpha value is -2.93. The minimum Gasteiger partial charge on any atom is -0.481 e. The number of aliphatic carboxylic acids is 2. The average Bonchev–Trinajstić information content (AvgIpc) is 2.78. The van der Waals surface area contributed by atoms with Crippen LogP contribution in [0.1, 0.15) is 73.6 Å². The molecule has 0 aromatic rings. The number of rotatable bonds is 11. The molecule has 0 aliphatic rings. The van der Waals surface area contributed by atoms with Crippen LogP contribution in [0, 0.1) is 0 Å². The van der Waals surface area contributed by atoms with Crippen LogP contribution in [0.15, 0.2) is 0 Å². The fraction of sp³-hybridized carbons (Fsp3) is 0.773. The SMILES string of the molecule is CCC(=O)NCCCN.CCC(=O)NCCCNC(=O)OC(C)(C)C.CCC(=O)O.O=C(O)CO. The lowest BCUT2D eigenvalue weighted by atomic mass is 10.2. The Kier molecular flexibility index (Phi) is 30.7. The number of aliphatic hydroxyl groups is 1. The maximum atomic E-state index is 11.2. The molecule has 3 amide bonds. The van der Waals surface area contributed by atoms with Crippen molar-refractivity contribution in [3.05, 3.63) is 0 Å². The molecule has 13 heteroatoms. The summed E-state index contributed by atoms with van der Waals surface area (Å²) in [6, 6.07) is 0. The summed E-state index contributed by atoms with van der Waals surface area (Å²) in [5.74, 6) is -1.81. The summed E-state index contributed by atoms with van der Waals surface area (Å²) in [6.45, 7) is 12.3. The molecule has 35 heavy (non-hydrogen) atoms. The summed E-state index contributed by atoms with van der Waals surface area (Å²) in [6.07, 6.45) is 2.41. The number of amides is 3. The second-order valence-corrected chi connectivity index (χ2v) is 7.63. The molecule has 0 aromatic heterocycles. The predicted molar refractivity (Wildman–Crippen MR) is 132 cm³/mol. The number of ether oxygens (including phenoxy) is 1. The van der Waals surface area contributed by atoms with Gasteiger partial charge in [-0.3, -0.25) is 14.4 Å². The molecule has 8 N–H and O–H groups in total. The molecule has 0 fully saturated rings. The van der Waals surface area contributed by atoms with Crippen molar-refractivity contribution in [3.63, 3.8) is 0 Å².